The lowest BCUT2D eigenvalue weighted by Gasteiger charge is -2.35. The third-order valence-electron chi connectivity index (χ3n) is 5.76. The molecule has 0 spiro atoms. The average Bonchev–Trinajstić information content (AvgIpc) is 2.75. The minimum absolute atomic E-state index is 0.0920. The molecular formula is C24H27N3O4. The molecule has 2 aromatic carbocycles. The van der Waals surface area contributed by atoms with Gasteiger partial charge >= 0.3 is 0 Å². The molecule has 7 nitrogen and oxygen atoms in total. The highest BCUT2D eigenvalue weighted by Gasteiger charge is 2.42. The Morgan fingerprint density at radius 2 is 1.74 bits per heavy atom. The fraction of sp³-hybridized carbons (Fsp3) is 0.333. The molecule has 2 atom stereocenters. The zero-order valence-corrected chi connectivity index (χ0v) is 17.7. The number of rotatable bonds is 7. The fourth-order valence-electron chi connectivity index (χ4n) is 4.02. The van der Waals surface area contributed by atoms with Gasteiger partial charge in [0.1, 0.15) is 0 Å². The maximum atomic E-state index is 12.6. The van der Waals surface area contributed by atoms with Crippen LogP contribution >= 0.6 is 0 Å². The lowest BCUT2D eigenvalue weighted by atomic mass is 9.72. The molecule has 162 valence electrons. The second kappa shape index (κ2) is 9.55. The number of carbonyl (C=O) groups is 4. The van der Waals surface area contributed by atoms with Crippen molar-refractivity contribution in [3.8, 4) is 0 Å². The Labute approximate surface area is 181 Å². The Kier molecular flexibility index (Phi) is 6.84. The van der Waals surface area contributed by atoms with Crippen molar-refractivity contribution in [1.29, 1.82) is 0 Å². The van der Waals surface area contributed by atoms with Gasteiger partial charge in [-0.25, -0.2) is 0 Å². The van der Waals surface area contributed by atoms with Gasteiger partial charge in [0.15, 0.2) is 0 Å². The van der Waals surface area contributed by atoms with Crippen LogP contribution in [0.15, 0.2) is 54.6 Å². The van der Waals surface area contributed by atoms with E-state index in [9.17, 15) is 19.2 Å². The highest BCUT2D eigenvalue weighted by atomic mass is 16.2. The van der Waals surface area contributed by atoms with Crippen LogP contribution in [0.2, 0.25) is 0 Å². The summed E-state index contributed by atoms with van der Waals surface area (Å²) < 4.78 is 0. The van der Waals surface area contributed by atoms with Crippen LogP contribution in [0.4, 0.5) is 5.69 Å². The molecule has 1 saturated heterocycles. The smallest absolute Gasteiger partial charge is 0.237 e. The first-order valence-electron chi connectivity index (χ1n) is 10.4. The van der Waals surface area contributed by atoms with Gasteiger partial charge in [0, 0.05) is 19.0 Å². The standard InChI is InChI=1S/C24H27N3O4/c1-3-24(14-13-21(29)27-23(24)31)18-9-11-19(12-10-18)26-22(30)15-20(25-16(2)28)17-7-5-4-6-8-17/h4-12,20H,3,13-15H2,1-2H3,(H,25,28)(H,26,30)(H,27,29,31). The molecule has 0 aromatic heterocycles. The molecule has 31 heavy (non-hydrogen) atoms. The van der Waals surface area contributed by atoms with E-state index in [0.717, 1.165) is 11.1 Å². The molecule has 0 bridgehead atoms. The Morgan fingerprint density at radius 1 is 1.06 bits per heavy atom. The van der Waals surface area contributed by atoms with E-state index in [2.05, 4.69) is 16.0 Å². The van der Waals surface area contributed by atoms with Crippen molar-refractivity contribution >= 4 is 29.3 Å². The number of amides is 4. The molecule has 0 radical (unpaired) electrons. The van der Waals surface area contributed by atoms with Crippen LogP contribution in [0.3, 0.4) is 0 Å². The number of carbonyl (C=O) groups excluding carboxylic acids is 4. The zero-order valence-electron chi connectivity index (χ0n) is 17.7. The quantitative estimate of drug-likeness (QED) is 0.598. The van der Waals surface area contributed by atoms with Gasteiger partial charge in [-0.05, 0) is 36.1 Å². The Balaban J connectivity index is 1.70. The van der Waals surface area contributed by atoms with Gasteiger partial charge in [0.05, 0.1) is 17.9 Å². The van der Waals surface area contributed by atoms with Crippen molar-refractivity contribution in [2.45, 2.75) is 51.0 Å². The minimum Gasteiger partial charge on any atom is -0.349 e. The van der Waals surface area contributed by atoms with Gasteiger partial charge < -0.3 is 10.6 Å². The summed E-state index contributed by atoms with van der Waals surface area (Å²) in [5.74, 6) is -0.962. The minimum atomic E-state index is -0.736. The molecule has 2 unspecified atom stereocenters. The van der Waals surface area contributed by atoms with E-state index in [0.29, 0.717) is 24.9 Å². The third kappa shape index (κ3) is 5.17. The molecule has 1 aliphatic rings. The lowest BCUT2D eigenvalue weighted by Crippen LogP contribution is -2.51. The van der Waals surface area contributed by atoms with Gasteiger partial charge in [-0.3, -0.25) is 24.5 Å². The van der Waals surface area contributed by atoms with Crippen molar-refractivity contribution in [1.82, 2.24) is 10.6 Å². The molecule has 0 saturated carbocycles. The number of piperidine rings is 1. The maximum Gasteiger partial charge on any atom is 0.237 e. The van der Waals surface area contributed by atoms with Gasteiger partial charge in [0.25, 0.3) is 0 Å². The molecular weight excluding hydrogens is 394 g/mol. The van der Waals surface area contributed by atoms with E-state index in [1.54, 1.807) is 12.1 Å². The predicted molar refractivity (Wildman–Crippen MR) is 117 cm³/mol. The summed E-state index contributed by atoms with van der Waals surface area (Å²) >= 11 is 0. The molecule has 1 fully saturated rings. The van der Waals surface area contributed by atoms with Crippen molar-refractivity contribution in [3.63, 3.8) is 0 Å². The monoisotopic (exact) mass is 421 g/mol. The van der Waals surface area contributed by atoms with Crippen LogP contribution in [0.5, 0.6) is 0 Å². The number of nitrogens with one attached hydrogen (secondary N) is 3. The van der Waals surface area contributed by atoms with E-state index in [4.69, 9.17) is 0 Å². The van der Waals surface area contributed by atoms with Gasteiger partial charge in [-0.2, -0.15) is 0 Å². The van der Waals surface area contributed by atoms with Crippen molar-refractivity contribution in [2.75, 3.05) is 5.32 Å². The van der Waals surface area contributed by atoms with Crippen LogP contribution in [0, 0.1) is 0 Å². The summed E-state index contributed by atoms with van der Waals surface area (Å²) in [5.41, 5.74) is 1.53. The van der Waals surface area contributed by atoms with Crippen molar-refractivity contribution in [2.24, 2.45) is 0 Å². The lowest BCUT2D eigenvalue weighted by molar-refractivity contribution is -0.138. The first-order chi connectivity index (χ1) is 14.8. The second-order valence-corrected chi connectivity index (χ2v) is 7.81. The van der Waals surface area contributed by atoms with E-state index in [-0.39, 0.29) is 30.0 Å². The molecule has 0 aliphatic carbocycles. The van der Waals surface area contributed by atoms with Crippen LogP contribution in [-0.4, -0.2) is 23.6 Å². The summed E-state index contributed by atoms with van der Waals surface area (Å²) in [6.45, 7) is 3.35. The van der Waals surface area contributed by atoms with Crippen LogP contribution in [-0.2, 0) is 24.6 Å². The first-order valence-corrected chi connectivity index (χ1v) is 10.4. The Morgan fingerprint density at radius 3 is 2.32 bits per heavy atom. The molecule has 1 heterocycles. The highest BCUT2D eigenvalue weighted by molar-refractivity contribution is 6.03. The topological polar surface area (TPSA) is 104 Å². The normalized spacial score (nSPS) is 19.3. The van der Waals surface area contributed by atoms with Gasteiger partial charge in [-0.1, -0.05) is 49.4 Å². The van der Waals surface area contributed by atoms with Crippen molar-refractivity contribution in [3.05, 3.63) is 65.7 Å². The summed E-state index contributed by atoms with van der Waals surface area (Å²) in [6, 6.07) is 16.0. The highest BCUT2D eigenvalue weighted by Crippen LogP contribution is 2.36. The Hall–Kier alpha value is -3.48. The fourth-order valence-corrected chi connectivity index (χ4v) is 4.02. The first kappa shape index (κ1) is 22.2. The molecule has 1 aliphatic heterocycles. The molecule has 4 amide bonds. The number of hydrogen-bond donors (Lipinski definition) is 3. The Bertz CT molecular complexity index is 972. The summed E-state index contributed by atoms with van der Waals surface area (Å²) in [6.07, 6.45) is 1.44. The molecule has 3 rings (SSSR count). The zero-order chi connectivity index (χ0) is 22.4. The van der Waals surface area contributed by atoms with E-state index < -0.39 is 11.5 Å². The molecule has 2 aromatic rings. The van der Waals surface area contributed by atoms with Crippen LogP contribution in [0.1, 0.15) is 56.7 Å². The van der Waals surface area contributed by atoms with E-state index in [1.807, 2.05) is 49.4 Å². The molecule has 7 heteroatoms. The summed E-state index contributed by atoms with van der Waals surface area (Å²) in [4.78, 5) is 48.2. The largest absolute Gasteiger partial charge is 0.349 e. The van der Waals surface area contributed by atoms with Crippen LogP contribution in [0.25, 0.3) is 0 Å². The average molecular weight is 421 g/mol. The number of anilines is 1. The van der Waals surface area contributed by atoms with Crippen LogP contribution < -0.4 is 16.0 Å². The maximum absolute atomic E-state index is 12.6. The second-order valence-electron chi connectivity index (χ2n) is 7.81. The molecule has 3 N–H and O–H groups in total. The van der Waals surface area contributed by atoms with Gasteiger partial charge in [0.2, 0.25) is 23.6 Å². The number of benzene rings is 2. The van der Waals surface area contributed by atoms with E-state index in [1.165, 1.54) is 6.92 Å². The SMILES string of the molecule is CCC1(c2ccc(NC(=O)CC(NC(C)=O)c3ccccc3)cc2)CCC(=O)NC1=O. The van der Waals surface area contributed by atoms with Gasteiger partial charge in [-0.15, -0.1) is 0 Å². The third-order valence-corrected chi connectivity index (χ3v) is 5.76. The number of hydrogen-bond acceptors (Lipinski definition) is 4. The summed E-state index contributed by atoms with van der Waals surface area (Å²) in [5, 5.41) is 8.10. The number of imide groups is 1. The predicted octanol–water partition coefficient (Wildman–Crippen LogP) is 2.98. The summed E-state index contributed by atoms with van der Waals surface area (Å²) in [7, 11) is 0. The van der Waals surface area contributed by atoms with E-state index >= 15 is 0 Å². The van der Waals surface area contributed by atoms with Crippen molar-refractivity contribution < 1.29 is 19.2 Å².